The lowest BCUT2D eigenvalue weighted by molar-refractivity contribution is -0.384. The Kier molecular flexibility index (Phi) is 3.67. The Hall–Kier alpha value is -2.87. The van der Waals surface area contributed by atoms with Gasteiger partial charge in [-0.2, -0.15) is 0 Å². The number of carbonyl (C=O) groups is 1. The second-order valence-electron chi connectivity index (χ2n) is 3.88. The highest BCUT2D eigenvalue weighted by atomic mass is 16.6. The van der Waals surface area contributed by atoms with Gasteiger partial charge in [-0.25, -0.2) is 0 Å². The fourth-order valence-corrected chi connectivity index (χ4v) is 1.53. The summed E-state index contributed by atoms with van der Waals surface area (Å²) in [4.78, 5) is 21.7. The molecule has 0 aliphatic rings. The summed E-state index contributed by atoms with van der Waals surface area (Å²) in [5.41, 5.74) is 5.13. The molecule has 0 unspecified atom stereocenters. The predicted octanol–water partition coefficient (Wildman–Crippen LogP) is 1.60. The summed E-state index contributed by atoms with van der Waals surface area (Å²) in [5.74, 6) is -0.515. The Morgan fingerprint density at radius 2 is 2.15 bits per heavy atom. The fraction of sp³-hybridized carbons (Fsp3) is 0.0833. The number of non-ortho nitro benzene ring substituents is 1. The topological polar surface area (TPSA) is 132 Å². The molecule has 104 valence electrons. The van der Waals surface area contributed by atoms with Crippen molar-refractivity contribution in [2.45, 2.75) is 6.54 Å². The number of furan rings is 1. The van der Waals surface area contributed by atoms with Crippen molar-refractivity contribution in [1.29, 1.82) is 0 Å². The summed E-state index contributed by atoms with van der Waals surface area (Å²) in [7, 11) is 0. The Balaban J connectivity index is 2.17. The Morgan fingerprint density at radius 3 is 2.70 bits per heavy atom. The molecule has 1 heterocycles. The molecule has 0 saturated heterocycles. The molecule has 1 aromatic heterocycles. The molecule has 8 nitrogen and oxygen atoms in total. The number of phenolic OH excluding ortho intramolecular Hbond substituents is 1. The van der Waals surface area contributed by atoms with Crippen LogP contribution in [0.1, 0.15) is 16.3 Å². The number of anilines is 1. The molecule has 0 radical (unpaired) electrons. The second-order valence-corrected chi connectivity index (χ2v) is 3.88. The number of rotatable bonds is 4. The Labute approximate surface area is 113 Å². The van der Waals surface area contributed by atoms with E-state index in [4.69, 9.17) is 10.2 Å². The van der Waals surface area contributed by atoms with E-state index in [-0.39, 0.29) is 23.7 Å². The number of nitrogens with one attached hydrogen (secondary N) is 1. The Morgan fingerprint density at radius 1 is 1.40 bits per heavy atom. The molecule has 0 aliphatic heterocycles. The number of nitrogens with zero attached hydrogens (tertiary/aromatic N) is 1. The lowest BCUT2D eigenvalue weighted by Gasteiger charge is -2.05. The molecule has 0 saturated carbocycles. The molecular weight excluding hydrogens is 266 g/mol. The van der Waals surface area contributed by atoms with Crippen molar-refractivity contribution in [2.75, 3.05) is 5.32 Å². The fourth-order valence-electron chi connectivity index (χ4n) is 1.53. The highest BCUT2D eigenvalue weighted by Crippen LogP contribution is 2.28. The number of amides is 1. The number of hydrogen-bond acceptors (Lipinski definition) is 6. The summed E-state index contributed by atoms with van der Waals surface area (Å²) >= 11 is 0. The van der Waals surface area contributed by atoms with E-state index in [1.54, 1.807) is 6.07 Å². The predicted molar refractivity (Wildman–Crippen MR) is 69.3 cm³/mol. The molecule has 0 spiro atoms. The molecule has 0 fully saturated rings. The van der Waals surface area contributed by atoms with E-state index in [2.05, 4.69) is 5.32 Å². The SMILES string of the molecule is NCc1ccc(C(=O)Nc2ccc([N+](=O)[O-])cc2O)o1. The first kappa shape index (κ1) is 13.6. The van der Waals surface area contributed by atoms with Crippen LogP contribution >= 0.6 is 0 Å². The molecule has 20 heavy (non-hydrogen) atoms. The van der Waals surface area contributed by atoms with Crippen LogP contribution in [0.3, 0.4) is 0 Å². The zero-order valence-electron chi connectivity index (χ0n) is 10.2. The van der Waals surface area contributed by atoms with Gasteiger partial charge in [-0.15, -0.1) is 0 Å². The number of nitro benzene ring substituents is 1. The first-order chi connectivity index (χ1) is 9.51. The van der Waals surface area contributed by atoms with Gasteiger partial charge < -0.3 is 20.6 Å². The molecule has 1 amide bonds. The van der Waals surface area contributed by atoms with Gasteiger partial charge >= 0.3 is 0 Å². The highest BCUT2D eigenvalue weighted by molar-refractivity contribution is 6.03. The first-order valence-corrected chi connectivity index (χ1v) is 5.59. The summed E-state index contributed by atoms with van der Waals surface area (Å²) in [5, 5.41) is 22.5. The summed E-state index contributed by atoms with van der Waals surface area (Å²) in [6, 6.07) is 6.36. The number of benzene rings is 1. The largest absolute Gasteiger partial charge is 0.506 e. The number of carbonyl (C=O) groups excluding carboxylic acids is 1. The normalized spacial score (nSPS) is 10.2. The van der Waals surface area contributed by atoms with Crippen LogP contribution in [0, 0.1) is 10.1 Å². The first-order valence-electron chi connectivity index (χ1n) is 5.59. The van der Waals surface area contributed by atoms with Gasteiger partial charge in [-0.3, -0.25) is 14.9 Å². The number of aromatic hydroxyl groups is 1. The molecule has 8 heteroatoms. The number of nitro groups is 1. The van der Waals surface area contributed by atoms with E-state index in [0.29, 0.717) is 5.76 Å². The van der Waals surface area contributed by atoms with E-state index in [1.165, 1.54) is 18.2 Å². The average molecular weight is 277 g/mol. The quantitative estimate of drug-likeness (QED) is 0.442. The van der Waals surface area contributed by atoms with Crippen molar-refractivity contribution in [1.82, 2.24) is 0 Å². The van der Waals surface area contributed by atoms with E-state index in [1.807, 2.05) is 0 Å². The van der Waals surface area contributed by atoms with E-state index < -0.39 is 16.6 Å². The molecule has 0 bridgehead atoms. The van der Waals surface area contributed by atoms with Crippen molar-refractivity contribution < 1.29 is 19.2 Å². The van der Waals surface area contributed by atoms with Gasteiger partial charge in [0, 0.05) is 6.07 Å². The average Bonchev–Trinajstić information content (AvgIpc) is 2.89. The minimum absolute atomic E-state index is 0.0307. The van der Waals surface area contributed by atoms with E-state index >= 15 is 0 Å². The van der Waals surface area contributed by atoms with Crippen LogP contribution in [0.25, 0.3) is 0 Å². The van der Waals surface area contributed by atoms with Gasteiger partial charge in [0.15, 0.2) is 5.76 Å². The number of hydrogen-bond donors (Lipinski definition) is 3. The maximum absolute atomic E-state index is 11.8. The van der Waals surface area contributed by atoms with Crippen LogP contribution in [-0.4, -0.2) is 15.9 Å². The van der Waals surface area contributed by atoms with Crippen LogP contribution in [0.4, 0.5) is 11.4 Å². The van der Waals surface area contributed by atoms with Gasteiger partial charge in [-0.1, -0.05) is 0 Å². The maximum Gasteiger partial charge on any atom is 0.291 e. The van der Waals surface area contributed by atoms with Crippen molar-refractivity contribution in [3.05, 3.63) is 52.0 Å². The van der Waals surface area contributed by atoms with Crippen molar-refractivity contribution in [3.63, 3.8) is 0 Å². The zero-order valence-corrected chi connectivity index (χ0v) is 10.2. The van der Waals surface area contributed by atoms with Crippen LogP contribution in [0.5, 0.6) is 5.75 Å². The smallest absolute Gasteiger partial charge is 0.291 e. The third kappa shape index (κ3) is 2.75. The van der Waals surface area contributed by atoms with E-state index in [9.17, 15) is 20.0 Å². The minimum atomic E-state index is -0.647. The van der Waals surface area contributed by atoms with E-state index in [0.717, 1.165) is 6.07 Å². The van der Waals surface area contributed by atoms with Crippen molar-refractivity contribution in [3.8, 4) is 5.75 Å². The van der Waals surface area contributed by atoms with Crippen LogP contribution in [0.2, 0.25) is 0 Å². The van der Waals surface area contributed by atoms with Crippen LogP contribution < -0.4 is 11.1 Å². The van der Waals surface area contributed by atoms with Gasteiger partial charge in [0.1, 0.15) is 11.5 Å². The molecule has 0 aliphatic carbocycles. The number of nitrogens with two attached hydrogens (primary N) is 1. The lowest BCUT2D eigenvalue weighted by atomic mass is 10.2. The minimum Gasteiger partial charge on any atom is -0.506 e. The van der Waals surface area contributed by atoms with Crippen molar-refractivity contribution in [2.24, 2.45) is 5.73 Å². The van der Waals surface area contributed by atoms with Gasteiger partial charge in [0.05, 0.1) is 23.2 Å². The summed E-state index contributed by atoms with van der Waals surface area (Å²) in [6.07, 6.45) is 0. The molecule has 4 N–H and O–H groups in total. The van der Waals surface area contributed by atoms with Crippen LogP contribution in [-0.2, 0) is 6.54 Å². The summed E-state index contributed by atoms with van der Waals surface area (Å²) in [6.45, 7) is 0.163. The molecule has 1 aromatic carbocycles. The number of phenols is 1. The third-order valence-electron chi connectivity index (χ3n) is 2.53. The lowest BCUT2D eigenvalue weighted by Crippen LogP contribution is -2.11. The second kappa shape index (κ2) is 5.41. The maximum atomic E-state index is 11.8. The van der Waals surface area contributed by atoms with Crippen LogP contribution in [0.15, 0.2) is 34.7 Å². The standard InChI is InChI=1S/C12H11N3O5/c13-6-8-2-4-11(20-8)12(17)14-9-3-1-7(15(18)19)5-10(9)16/h1-5,16H,6,13H2,(H,14,17). The molecular formula is C12H11N3O5. The molecule has 0 atom stereocenters. The van der Waals surface area contributed by atoms with Gasteiger partial charge in [0.2, 0.25) is 0 Å². The zero-order chi connectivity index (χ0) is 14.7. The Bertz CT molecular complexity index is 665. The van der Waals surface area contributed by atoms with Gasteiger partial charge in [-0.05, 0) is 18.2 Å². The molecule has 2 aromatic rings. The molecule has 2 rings (SSSR count). The van der Waals surface area contributed by atoms with Gasteiger partial charge in [0.25, 0.3) is 11.6 Å². The monoisotopic (exact) mass is 277 g/mol. The summed E-state index contributed by atoms with van der Waals surface area (Å²) < 4.78 is 5.14. The van der Waals surface area contributed by atoms with Crippen molar-refractivity contribution >= 4 is 17.3 Å². The third-order valence-corrected chi connectivity index (χ3v) is 2.53. The highest BCUT2D eigenvalue weighted by Gasteiger charge is 2.15.